The van der Waals surface area contributed by atoms with Gasteiger partial charge in [0.05, 0.1) is 7.11 Å². The molecule has 0 saturated carbocycles. The molecule has 54 valence electrons. The molecule has 0 aliphatic carbocycles. The summed E-state index contributed by atoms with van der Waals surface area (Å²) in [4.78, 5) is 19.7. The molecule has 0 radical (unpaired) electrons. The monoisotopic (exact) mass is 174 g/mol. The Kier molecular flexibility index (Phi) is 7.01. The third kappa shape index (κ3) is 7.46. The molecule has 0 aromatic heterocycles. The van der Waals surface area contributed by atoms with Gasteiger partial charge in [-0.05, 0) is 0 Å². The Morgan fingerprint density at radius 1 is 1.56 bits per heavy atom. The summed E-state index contributed by atoms with van der Waals surface area (Å²) in [6, 6.07) is 0. The summed E-state index contributed by atoms with van der Waals surface area (Å²) in [6.45, 7) is 0. The molecule has 0 fully saturated rings. The number of aliphatic carboxylic acids is 1. The van der Waals surface area contributed by atoms with Gasteiger partial charge in [0, 0.05) is 17.1 Å². The van der Waals surface area contributed by atoms with Gasteiger partial charge in [-0.2, -0.15) is 0 Å². The van der Waals surface area contributed by atoms with Gasteiger partial charge in [0.1, 0.15) is 6.42 Å². The fourth-order valence-corrected chi connectivity index (χ4v) is 0.196. The molecule has 0 unspecified atom stereocenters. The Morgan fingerprint density at radius 2 is 2.00 bits per heavy atom. The van der Waals surface area contributed by atoms with E-state index in [1.165, 1.54) is 0 Å². The van der Waals surface area contributed by atoms with Crippen molar-refractivity contribution in [3.8, 4) is 0 Å². The van der Waals surface area contributed by atoms with Crippen LogP contribution >= 0.6 is 0 Å². The smallest absolute Gasteiger partial charge is 0.316 e. The van der Waals surface area contributed by atoms with Crippen LogP contribution < -0.4 is 0 Å². The fourth-order valence-electron chi connectivity index (χ4n) is 0.196. The van der Waals surface area contributed by atoms with E-state index in [1.807, 2.05) is 0 Å². The van der Waals surface area contributed by atoms with E-state index < -0.39 is 18.4 Å². The molecule has 0 aliphatic rings. The summed E-state index contributed by atoms with van der Waals surface area (Å²) in [5, 5.41) is 7.91. The molecule has 5 heteroatoms. The zero-order valence-electron chi connectivity index (χ0n) is 4.73. The van der Waals surface area contributed by atoms with Crippen LogP contribution in [0.5, 0.6) is 0 Å². The molecule has 4 nitrogen and oxygen atoms in total. The van der Waals surface area contributed by atoms with Crippen LogP contribution in [0.2, 0.25) is 0 Å². The van der Waals surface area contributed by atoms with Crippen LogP contribution in [-0.2, 0) is 31.4 Å². The second kappa shape index (κ2) is 5.59. The molecule has 0 rings (SSSR count). The SMILES string of the molecule is COC(=O)CC(=O)O.[Fe]. The Labute approximate surface area is 62.7 Å². The van der Waals surface area contributed by atoms with Gasteiger partial charge in [-0.25, -0.2) is 0 Å². The second-order valence-corrected chi connectivity index (χ2v) is 1.15. The van der Waals surface area contributed by atoms with Crippen molar-refractivity contribution in [2.75, 3.05) is 7.11 Å². The van der Waals surface area contributed by atoms with E-state index in [1.54, 1.807) is 0 Å². The van der Waals surface area contributed by atoms with Crippen LogP contribution in [-0.4, -0.2) is 24.2 Å². The number of ether oxygens (including phenoxy) is 1. The average Bonchev–Trinajstić information content (AvgIpc) is 1.65. The first kappa shape index (κ1) is 11.3. The Hall–Kier alpha value is -0.541. The fraction of sp³-hybridized carbons (Fsp3) is 0.500. The van der Waals surface area contributed by atoms with E-state index >= 15 is 0 Å². The molecule has 0 aliphatic heterocycles. The first-order valence-corrected chi connectivity index (χ1v) is 1.95. The second-order valence-electron chi connectivity index (χ2n) is 1.15. The number of carbonyl (C=O) groups excluding carboxylic acids is 1. The quantitative estimate of drug-likeness (QED) is 0.352. The van der Waals surface area contributed by atoms with E-state index in [9.17, 15) is 9.59 Å². The van der Waals surface area contributed by atoms with Crippen LogP contribution in [0.25, 0.3) is 0 Å². The first-order chi connectivity index (χ1) is 3.66. The van der Waals surface area contributed by atoms with Crippen LogP contribution in [0.3, 0.4) is 0 Å². The number of hydrogen-bond donors (Lipinski definition) is 1. The van der Waals surface area contributed by atoms with Gasteiger partial charge in [-0.3, -0.25) is 9.59 Å². The van der Waals surface area contributed by atoms with Crippen molar-refractivity contribution >= 4 is 11.9 Å². The Morgan fingerprint density at radius 3 is 2.11 bits per heavy atom. The first-order valence-electron chi connectivity index (χ1n) is 1.95. The molecular formula is C4H6FeO4. The van der Waals surface area contributed by atoms with Gasteiger partial charge in [0.2, 0.25) is 0 Å². The third-order valence-electron chi connectivity index (χ3n) is 0.523. The van der Waals surface area contributed by atoms with Gasteiger partial charge in [0.25, 0.3) is 0 Å². The summed E-state index contributed by atoms with van der Waals surface area (Å²) in [5.74, 6) is -1.89. The zero-order valence-corrected chi connectivity index (χ0v) is 5.84. The zero-order chi connectivity index (χ0) is 6.57. The molecule has 9 heavy (non-hydrogen) atoms. The minimum atomic E-state index is -1.17. The predicted molar refractivity (Wildman–Crippen MR) is 24.3 cm³/mol. The number of hydrogen-bond acceptors (Lipinski definition) is 3. The topological polar surface area (TPSA) is 63.6 Å². The van der Waals surface area contributed by atoms with Crippen LogP contribution in [0.15, 0.2) is 0 Å². The summed E-state index contributed by atoms with van der Waals surface area (Å²) < 4.78 is 4.04. The minimum Gasteiger partial charge on any atom is -0.481 e. The third-order valence-corrected chi connectivity index (χ3v) is 0.523. The maximum Gasteiger partial charge on any atom is 0.316 e. The van der Waals surface area contributed by atoms with Gasteiger partial charge >= 0.3 is 11.9 Å². The van der Waals surface area contributed by atoms with E-state index in [2.05, 4.69) is 4.74 Å². The van der Waals surface area contributed by atoms with Crippen molar-refractivity contribution in [1.82, 2.24) is 0 Å². The molecule has 0 saturated heterocycles. The minimum absolute atomic E-state index is 0. The Balaban J connectivity index is 0. The molecule has 0 heterocycles. The molecule has 0 atom stereocenters. The number of carboxylic acids is 1. The van der Waals surface area contributed by atoms with E-state index in [0.29, 0.717) is 0 Å². The number of rotatable bonds is 2. The maximum atomic E-state index is 10.0. The molecule has 0 bridgehead atoms. The summed E-state index contributed by atoms with van der Waals surface area (Å²) >= 11 is 0. The number of carboxylic acid groups (broad SMARTS) is 1. The van der Waals surface area contributed by atoms with Gasteiger partial charge in [-0.15, -0.1) is 0 Å². The maximum absolute atomic E-state index is 10.0. The van der Waals surface area contributed by atoms with E-state index in [0.717, 1.165) is 7.11 Å². The molecule has 0 amide bonds. The molecule has 0 aromatic carbocycles. The largest absolute Gasteiger partial charge is 0.481 e. The van der Waals surface area contributed by atoms with Crippen molar-refractivity contribution in [1.29, 1.82) is 0 Å². The van der Waals surface area contributed by atoms with Crippen molar-refractivity contribution in [2.45, 2.75) is 6.42 Å². The summed E-state index contributed by atoms with van der Waals surface area (Å²) in [6.07, 6.45) is -0.559. The van der Waals surface area contributed by atoms with Crippen LogP contribution in [0.4, 0.5) is 0 Å². The van der Waals surface area contributed by atoms with Crippen molar-refractivity contribution in [3.63, 3.8) is 0 Å². The Bertz CT molecular complexity index is 111. The molecule has 0 spiro atoms. The number of methoxy groups -OCH3 is 1. The predicted octanol–water partition coefficient (Wildman–Crippen LogP) is -0.368. The van der Waals surface area contributed by atoms with Gasteiger partial charge in [0.15, 0.2) is 0 Å². The number of esters is 1. The van der Waals surface area contributed by atoms with Crippen LogP contribution in [0.1, 0.15) is 6.42 Å². The van der Waals surface area contributed by atoms with Crippen molar-refractivity contribution in [2.24, 2.45) is 0 Å². The molecular weight excluding hydrogens is 168 g/mol. The molecule has 0 aromatic rings. The van der Waals surface area contributed by atoms with Crippen molar-refractivity contribution < 1.29 is 36.5 Å². The van der Waals surface area contributed by atoms with Gasteiger partial charge < -0.3 is 9.84 Å². The molecule has 1 N–H and O–H groups in total. The summed E-state index contributed by atoms with van der Waals surface area (Å²) in [5.41, 5.74) is 0. The van der Waals surface area contributed by atoms with Crippen molar-refractivity contribution in [3.05, 3.63) is 0 Å². The van der Waals surface area contributed by atoms with E-state index in [4.69, 9.17) is 5.11 Å². The number of carbonyl (C=O) groups is 2. The summed E-state index contributed by atoms with van der Waals surface area (Å²) in [7, 11) is 1.14. The van der Waals surface area contributed by atoms with E-state index in [-0.39, 0.29) is 17.1 Å². The average molecular weight is 174 g/mol. The normalized spacial score (nSPS) is 7.22. The standard InChI is InChI=1S/C4H6O4.Fe/c1-8-4(7)2-3(5)6;/h2H2,1H3,(H,5,6);. The van der Waals surface area contributed by atoms with Crippen LogP contribution in [0, 0.1) is 0 Å². The van der Waals surface area contributed by atoms with Gasteiger partial charge in [-0.1, -0.05) is 0 Å².